The number of para-hydroxylation sites is 1. The van der Waals surface area contributed by atoms with Crippen LogP contribution in [0.4, 0.5) is 5.69 Å². The zero-order valence-electron chi connectivity index (χ0n) is 16.7. The fourth-order valence-electron chi connectivity index (χ4n) is 3.84. The summed E-state index contributed by atoms with van der Waals surface area (Å²) < 4.78 is 1.40. The summed E-state index contributed by atoms with van der Waals surface area (Å²) in [6, 6.07) is 16.9. The molecule has 1 aliphatic heterocycles. The van der Waals surface area contributed by atoms with Crippen LogP contribution < -0.4 is 20.6 Å². The first-order valence-corrected chi connectivity index (χ1v) is 10.8. The van der Waals surface area contributed by atoms with Gasteiger partial charge >= 0.3 is 0 Å². The van der Waals surface area contributed by atoms with E-state index in [9.17, 15) is 14.4 Å². The zero-order chi connectivity index (χ0) is 21.5. The first-order valence-electron chi connectivity index (χ1n) is 10.0. The number of nitrogens with zero attached hydrogens (tertiary/aromatic N) is 4. The lowest BCUT2D eigenvalue weighted by Crippen LogP contribution is -2.33. The number of amides is 1. The minimum Gasteiger partial charge on any atom is -0.308 e. The molecule has 8 heteroatoms. The summed E-state index contributed by atoms with van der Waals surface area (Å²) in [6.07, 6.45) is 1.08. The predicted molar refractivity (Wildman–Crippen MR) is 119 cm³/mol. The van der Waals surface area contributed by atoms with Gasteiger partial charge in [0.15, 0.2) is 0 Å². The summed E-state index contributed by atoms with van der Waals surface area (Å²) in [4.78, 5) is 44.9. The van der Waals surface area contributed by atoms with Crippen LogP contribution in [0.3, 0.4) is 0 Å². The van der Waals surface area contributed by atoms with Crippen LogP contribution in [-0.2, 0) is 11.2 Å². The molecule has 31 heavy (non-hydrogen) atoms. The highest BCUT2D eigenvalue weighted by Gasteiger charge is 2.33. The van der Waals surface area contributed by atoms with Crippen LogP contribution in [0.15, 0.2) is 64.2 Å². The van der Waals surface area contributed by atoms with E-state index in [1.807, 2.05) is 61.5 Å². The fraction of sp³-hybridized carbons (Fsp3) is 0.174. The van der Waals surface area contributed by atoms with Gasteiger partial charge in [0, 0.05) is 18.5 Å². The molecular weight excluding hydrogens is 412 g/mol. The second kappa shape index (κ2) is 7.55. The van der Waals surface area contributed by atoms with E-state index in [0.29, 0.717) is 12.1 Å². The Morgan fingerprint density at radius 1 is 0.968 bits per heavy atom. The smallest absolute Gasteiger partial charge is 0.296 e. The molecule has 2 aromatic carbocycles. The number of benzene rings is 2. The lowest BCUT2D eigenvalue weighted by molar-refractivity contribution is -0.113. The molecule has 0 aliphatic carbocycles. The molecule has 0 unspecified atom stereocenters. The van der Waals surface area contributed by atoms with Gasteiger partial charge in [-0.15, -0.1) is 0 Å². The SMILES string of the molecule is CCCN1C(=O)/C(=c2\sc3nc(=O)c(Cc4ccccc4)nn3c2=O)c2ccccc21. The fourth-order valence-corrected chi connectivity index (χ4v) is 4.83. The largest absolute Gasteiger partial charge is 0.308 e. The van der Waals surface area contributed by atoms with Crippen molar-refractivity contribution in [1.29, 1.82) is 0 Å². The lowest BCUT2D eigenvalue weighted by Gasteiger charge is -2.15. The molecule has 154 valence electrons. The quantitative estimate of drug-likeness (QED) is 0.493. The van der Waals surface area contributed by atoms with Crippen molar-refractivity contribution in [2.24, 2.45) is 0 Å². The van der Waals surface area contributed by atoms with Crippen molar-refractivity contribution < 1.29 is 4.79 Å². The van der Waals surface area contributed by atoms with Crippen molar-refractivity contribution in [2.45, 2.75) is 19.8 Å². The van der Waals surface area contributed by atoms with Gasteiger partial charge in [-0.05, 0) is 18.1 Å². The van der Waals surface area contributed by atoms with Gasteiger partial charge in [0.1, 0.15) is 10.2 Å². The number of fused-ring (bicyclic) bond motifs is 2. The monoisotopic (exact) mass is 430 g/mol. The maximum atomic E-state index is 13.2. The third-order valence-electron chi connectivity index (χ3n) is 5.24. The van der Waals surface area contributed by atoms with Gasteiger partial charge in [0.25, 0.3) is 17.0 Å². The summed E-state index contributed by atoms with van der Waals surface area (Å²) in [7, 11) is 0. The number of hydrogen-bond donors (Lipinski definition) is 0. The molecule has 0 bridgehead atoms. The summed E-state index contributed by atoms with van der Waals surface area (Å²) >= 11 is 1.03. The Balaban J connectivity index is 1.72. The standard InChI is InChI=1S/C23H18N4O3S/c1-2-12-26-17-11-7-6-10-15(17)18(21(26)29)19-22(30)27-23(31-19)24-20(28)16(25-27)13-14-8-4-3-5-9-14/h3-11H,2,12-13H2,1H3/b19-18-. The Kier molecular flexibility index (Phi) is 4.71. The maximum absolute atomic E-state index is 13.2. The average Bonchev–Trinajstić information content (AvgIpc) is 3.23. The summed E-state index contributed by atoms with van der Waals surface area (Å²) in [5.74, 6) is -0.209. The molecule has 4 aromatic rings. The van der Waals surface area contributed by atoms with Crippen molar-refractivity contribution in [3.05, 3.63) is 96.7 Å². The Morgan fingerprint density at radius 2 is 1.71 bits per heavy atom. The molecule has 0 saturated heterocycles. The highest BCUT2D eigenvalue weighted by atomic mass is 32.1. The second-order valence-corrected chi connectivity index (χ2v) is 8.28. The number of carbonyl (C=O) groups excluding carboxylic acids is 1. The normalized spacial score (nSPS) is 15.0. The van der Waals surface area contributed by atoms with Gasteiger partial charge < -0.3 is 4.90 Å². The van der Waals surface area contributed by atoms with Crippen molar-refractivity contribution in [1.82, 2.24) is 14.6 Å². The molecule has 0 spiro atoms. The van der Waals surface area contributed by atoms with E-state index in [2.05, 4.69) is 10.1 Å². The molecule has 2 aromatic heterocycles. The molecule has 1 aliphatic rings. The number of carbonyl (C=O) groups is 1. The lowest BCUT2D eigenvalue weighted by atomic mass is 10.1. The van der Waals surface area contributed by atoms with Crippen LogP contribution >= 0.6 is 11.3 Å². The Labute approximate surface area is 180 Å². The molecular formula is C23H18N4O3S. The van der Waals surface area contributed by atoms with Crippen LogP contribution in [0.1, 0.15) is 30.2 Å². The van der Waals surface area contributed by atoms with Crippen LogP contribution in [0.5, 0.6) is 0 Å². The number of aromatic nitrogens is 3. The molecule has 0 saturated carbocycles. The van der Waals surface area contributed by atoms with Crippen molar-refractivity contribution in [3.8, 4) is 0 Å². The van der Waals surface area contributed by atoms with Crippen molar-refractivity contribution >= 4 is 33.5 Å². The number of anilines is 1. The average molecular weight is 430 g/mol. The van der Waals surface area contributed by atoms with Gasteiger partial charge in [0.05, 0.1) is 11.3 Å². The summed E-state index contributed by atoms with van der Waals surface area (Å²) in [5.41, 5.74) is 2.06. The maximum Gasteiger partial charge on any atom is 0.296 e. The third kappa shape index (κ3) is 3.16. The minimum atomic E-state index is -0.465. The van der Waals surface area contributed by atoms with E-state index in [0.717, 1.165) is 39.1 Å². The Hall–Kier alpha value is -3.65. The molecule has 5 rings (SSSR count). The van der Waals surface area contributed by atoms with Crippen LogP contribution in [0.2, 0.25) is 0 Å². The van der Waals surface area contributed by atoms with Crippen LogP contribution in [0, 0.1) is 0 Å². The Morgan fingerprint density at radius 3 is 2.48 bits per heavy atom. The van der Waals surface area contributed by atoms with Crippen LogP contribution in [-0.4, -0.2) is 27.0 Å². The second-order valence-electron chi connectivity index (χ2n) is 7.31. The van der Waals surface area contributed by atoms with Gasteiger partial charge in [-0.3, -0.25) is 14.4 Å². The van der Waals surface area contributed by atoms with E-state index in [4.69, 9.17) is 0 Å². The van der Waals surface area contributed by atoms with Crippen LogP contribution in [0.25, 0.3) is 10.5 Å². The van der Waals surface area contributed by atoms with Gasteiger partial charge in [-0.25, -0.2) is 0 Å². The zero-order valence-corrected chi connectivity index (χ0v) is 17.6. The molecule has 0 atom stereocenters. The van der Waals surface area contributed by atoms with E-state index in [1.165, 1.54) is 0 Å². The topological polar surface area (TPSA) is 84.6 Å². The molecule has 3 heterocycles. The minimum absolute atomic E-state index is 0.188. The summed E-state index contributed by atoms with van der Waals surface area (Å²) in [5, 5.41) is 4.30. The molecule has 0 radical (unpaired) electrons. The van der Waals surface area contributed by atoms with E-state index in [-0.39, 0.29) is 27.5 Å². The number of thiazole rings is 1. The molecule has 0 fully saturated rings. The highest BCUT2D eigenvalue weighted by Crippen LogP contribution is 2.35. The number of hydrogen-bond acceptors (Lipinski definition) is 6. The number of rotatable bonds is 4. The van der Waals surface area contributed by atoms with Crippen molar-refractivity contribution in [3.63, 3.8) is 0 Å². The molecule has 1 amide bonds. The molecule has 0 N–H and O–H groups in total. The van der Waals surface area contributed by atoms with Gasteiger partial charge in [0.2, 0.25) is 4.96 Å². The van der Waals surface area contributed by atoms with Gasteiger partial charge in [-0.2, -0.15) is 14.6 Å². The first-order chi connectivity index (χ1) is 15.1. The predicted octanol–water partition coefficient (Wildman–Crippen LogP) is 1.78. The van der Waals surface area contributed by atoms with E-state index >= 15 is 0 Å². The van der Waals surface area contributed by atoms with Crippen molar-refractivity contribution in [2.75, 3.05) is 11.4 Å². The first kappa shape index (κ1) is 19.3. The molecule has 7 nitrogen and oxygen atoms in total. The summed E-state index contributed by atoms with van der Waals surface area (Å²) in [6.45, 7) is 2.56. The van der Waals surface area contributed by atoms with E-state index < -0.39 is 11.1 Å². The van der Waals surface area contributed by atoms with E-state index in [1.54, 1.807) is 4.90 Å². The Bertz CT molecular complexity index is 1490. The third-order valence-corrected chi connectivity index (χ3v) is 6.27. The van der Waals surface area contributed by atoms with Gasteiger partial charge in [-0.1, -0.05) is 66.8 Å². The highest BCUT2D eigenvalue weighted by molar-refractivity contribution is 7.15.